The Bertz CT molecular complexity index is 790. The molecule has 0 spiro atoms. The van der Waals surface area contributed by atoms with Crippen LogP contribution < -0.4 is 0 Å². The SMILES string of the molecule is C[C@@H](CC[C@@H]1CC1(C)C)[C@H]1CC[C@@]2(C)[C@@H]3CC[C@@H]4C(C)(C)[C@H](O)CC[C@@]4(C)C3=CC[C@]12C. The maximum atomic E-state index is 10.8. The van der Waals surface area contributed by atoms with E-state index < -0.39 is 0 Å². The lowest BCUT2D eigenvalue weighted by Crippen LogP contribution is -2.57. The molecule has 0 aromatic rings. The Balaban J connectivity index is 1.40. The van der Waals surface area contributed by atoms with Gasteiger partial charge in [0.25, 0.3) is 0 Å². The van der Waals surface area contributed by atoms with Gasteiger partial charge in [-0.25, -0.2) is 0 Å². The quantitative estimate of drug-likeness (QED) is 0.435. The fourth-order valence-electron chi connectivity index (χ4n) is 10.4. The van der Waals surface area contributed by atoms with Crippen LogP contribution in [0.2, 0.25) is 0 Å². The van der Waals surface area contributed by atoms with Gasteiger partial charge in [-0.15, -0.1) is 0 Å². The molecule has 0 aliphatic heterocycles. The van der Waals surface area contributed by atoms with Gasteiger partial charge in [-0.1, -0.05) is 73.5 Å². The Labute approximate surface area is 199 Å². The molecule has 0 aromatic carbocycles. The molecule has 5 aliphatic carbocycles. The van der Waals surface area contributed by atoms with Gasteiger partial charge in [0.15, 0.2) is 0 Å². The highest BCUT2D eigenvalue weighted by molar-refractivity contribution is 5.32. The monoisotopic (exact) mass is 440 g/mol. The number of rotatable bonds is 4. The van der Waals surface area contributed by atoms with Crippen LogP contribution in [0.1, 0.15) is 120 Å². The molecule has 0 unspecified atom stereocenters. The molecule has 5 rings (SSSR count). The number of allylic oxidation sites excluding steroid dienone is 2. The van der Waals surface area contributed by atoms with Crippen molar-refractivity contribution in [2.24, 2.45) is 56.7 Å². The second-order valence-corrected chi connectivity index (χ2v) is 15.3. The van der Waals surface area contributed by atoms with Crippen LogP contribution >= 0.6 is 0 Å². The molecule has 182 valence electrons. The van der Waals surface area contributed by atoms with E-state index in [0.29, 0.717) is 27.6 Å². The van der Waals surface area contributed by atoms with Crippen molar-refractivity contribution in [1.82, 2.24) is 0 Å². The second kappa shape index (κ2) is 7.11. The molecular formula is C31H52O. The van der Waals surface area contributed by atoms with Gasteiger partial charge in [-0.2, -0.15) is 0 Å². The molecule has 0 bridgehead atoms. The Morgan fingerprint density at radius 2 is 1.62 bits per heavy atom. The van der Waals surface area contributed by atoms with Crippen LogP contribution in [-0.2, 0) is 0 Å². The summed E-state index contributed by atoms with van der Waals surface area (Å²) in [6, 6.07) is 0. The van der Waals surface area contributed by atoms with E-state index in [1.165, 1.54) is 57.8 Å². The predicted molar refractivity (Wildman–Crippen MR) is 135 cm³/mol. The lowest BCUT2D eigenvalue weighted by Gasteiger charge is -2.64. The summed E-state index contributed by atoms with van der Waals surface area (Å²) in [6.07, 6.45) is 16.0. The van der Waals surface area contributed by atoms with Crippen molar-refractivity contribution in [3.63, 3.8) is 0 Å². The first kappa shape index (κ1) is 23.4. The van der Waals surface area contributed by atoms with Crippen LogP contribution in [0.5, 0.6) is 0 Å². The van der Waals surface area contributed by atoms with E-state index in [0.717, 1.165) is 30.1 Å². The summed E-state index contributed by atoms with van der Waals surface area (Å²) >= 11 is 0. The third-order valence-electron chi connectivity index (χ3n) is 13.2. The lowest BCUT2D eigenvalue weighted by atomic mass is 9.41. The minimum Gasteiger partial charge on any atom is -0.393 e. The summed E-state index contributed by atoms with van der Waals surface area (Å²) < 4.78 is 0. The minimum absolute atomic E-state index is 0.0454. The second-order valence-electron chi connectivity index (χ2n) is 15.3. The summed E-state index contributed by atoms with van der Waals surface area (Å²) in [7, 11) is 0. The first-order chi connectivity index (χ1) is 14.8. The van der Waals surface area contributed by atoms with Gasteiger partial charge < -0.3 is 5.11 Å². The normalized spacial score (nSPS) is 51.8. The van der Waals surface area contributed by atoms with Crippen LogP contribution in [0.3, 0.4) is 0 Å². The maximum absolute atomic E-state index is 10.8. The third kappa shape index (κ3) is 3.04. The largest absolute Gasteiger partial charge is 0.393 e. The summed E-state index contributed by atoms with van der Waals surface area (Å²) in [5.41, 5.74) is 3.73. The number of hydrogen-bond donors (Lipinski definition) is 1. The molecule has 0 amide bonds. The van der Waals surface area contributed by atoms with Crippen molar-refractivity contribution in [3.8, 4) is 0 Å². The summed E-state index contributed by atoms with van der Waals surface area (Å²) in [5, 5.41) is 10.8. The van der Waals surface area contributed by atoms with Gasteiger partial charge >= 0.3 is 0 Å². The van der Waals surface area contributed by atoms with Gasteiger partial charge in [0.05, 0.1) is 6.10 Å². The maximum Gasteiger partial charge on any atom is 0.0594 e. The van der Waals surface area contributed by atoms with E-state index in [2.05, 4.69) is 61.5 Å². The number of aliphatic hydroxyl groups excluding tert-OH is 1. The number of hydrogen-bond acceptors (Lipinski definition) is 1. The molecule has 0 radical (unpaired) electrons. The van der Waals surface area contributed by atoms with Crippen molar-refractivity contribution in [3.05, 3.63) is 11.6 Å². The topological polar surface area (TPSA) is 20.2 Å². The van der Waals surface area contributed by atoms with Gasteiger partial charge in [-0.3, -0.25) is 0 Å². The van der Waals surface area contributed by atoms with E-state index >= 15 is 0 Å². The van der Waals surface area contributed by atoms with E-state index in [-0.39, 0.29) is 11.5 Å². The van der Waals surface area contributed by atoms with Crippen molar-refractivity contribution in [2.45, 2.75) is 126 Å². The van der Waals surface area contributed by atoms with Gasteiger partial charge in [-0.05, 0) is 114 Å². The fourth-order valence-corrected chi connectivity index (χ4v) is 10.4. The average molecular weight is 441 g/mol. The molecule has 32 heavy (non-hydrogen) atoms. The zero-order valence-electron chi connectivity index (χ0n) is 22.6. The summed E-state index contributed by atoms with van der Waals surface area (Å²) in [5.74, 6) is 4.15. The zero-order chi connectivity index (χ0) is 23.3. The molecule has 0 saturated heterocycles. The Kier molecular flexibility index (Phi) is 5.21. The van der Waals surface area contributed by atoms with Crippen molar-refractivity contribution < 1.29 is 5.11 Å². The molecule has 4 fully saturated rings. The van der Waals surface area contributed by atoms with E-state index in [4.69, 9.17) is 0 Å². The van der Waals surface area contributed by atoms with Crippen molar-refractivity contribution in [2.75, 3.05) is 0 Å². The van der Waals surface area contributed by atoms with Crippen LogP contribution in [0.4, 0.5) is 0 Å². The number of fused-ring (bicyclic) bond motifs is 5. The summed E-state index contributed by atoms with van der Waals surface area (Å²) in [6.45, 7) is 20.2. The first-order valence-corrected chi connectivity index (χ1v) is 14.2. The zero-order valence-corrected chi connectivity index (χ0v) is 22.6. The third-order valence-corrected chi connectivity index (χ3v) is 13.2. The standard InChI is InChI=1S/C31H52O/c1-20(9-10-21-19-27(21,2)3)22-13-17-31(8)24-11-12-25-28(4,5)26(32)15-16-29(25,6)23(24)14-18-30(22,31)7/h14,20-22,24-26,32H,9-13,15-19H2,1-8H3/t20-,21+,22+,24+,25+,26+,29-,30+,31-/m0/s1. The Morgan fingerprint density at radius 3 is 2.28 bits per heavy atom. The van der Waals surface area contributed by atoms with Gasteiger partial charge in [0, 0.05) is 0 Å². The van der Waals surface area contributed by atoms with Crippen molar-refractivity contribution in [1.29, 1.82) is 0 Å². The van der Waals surface area contributed by atoms with Crippen LogP contribution in [0.15, 0.2) is 11.6 Å². The van der Waals surface area contributed by atoms with Crippen molar-refractivity contribution >= 4 is 0 Å². The van der Waals surface area contributed by atoms with Crippen LogP contribution in [-0.4, -0.2) is 11.2 Å². The van der Waals surface area contributed by atoms with E-state index in [1.54, 1.807) is 0 Å². The lowest BCUT2D eigenvalue weighted by molar-refractivity contribution is -0.118. The molecule has 1 N–H and O–H groups in total. The highest BCUT2D eigenvalue weighted by atomic mass is 16.3. The molecule has 1 heteroatoms. The molecule has 5 aliphatic rings. The van der Waals surface area contributed by atoms with Gasteiger partial charge in [0.1, 0.15) is 0 Å². The molecule has 9 atom stereocenters. The number of aliphatic hydroxyl groups is 1. The summed E-state index contributed by atoms with van der Waals surface area (Å²) in [4.78, 5) is 0. The molecule has 1 nitrogen and oxygen atoms in total. The highest BCUT2D eigenvalue weighted by Crippen LogP contribution is 2.73. The van der Waals surface area contributed by atoms with Crippen LogP contribution in [0, 0.1) is 56.7 Å². The van der Waals surface area contributed by atoms with Crippen LogP contribution in [0.25, 0.3) is 0 Å². The predicted octanol–water partition coefficient (Wildman–Crippen LogP) is 8.41. The Hall–Kier alpha value is -0.300. The van der Waals surface area contributed by atoms with Gasteiger partial charge in [0.2, 0.25) is 0 Å². The van der Waals surface area contributed by atoms with E-state index in [9.17, 15) is 5.11 Å². The minimum atomic E-state index is -0.129. The highest BCUT2D eigenvalue weighted by Gasteiger charge is 2.65. The smallest absolute Gasteiger partial charge is 0.0594 e. The first-order valence-electron chi connectivity index (χ1n) is 14.2. The molecule has 4 saturated carbocycles. The molecule has 0 aromatic heterocycles. The fraction of sp³-hybridized carbons (Fsp3) is 0.935. The Morgan fingerprint density at radius 1 is 0.938 bits per heavy atom. The average Bonchev–Trinajstić information content (AvgIpc) is 3.22. The van der Waals surface area contributed by atoms with E-state index in [1.807, 2.05) is 5.57 Å². The molecular weight excluding hydrogens is 388 g/mol. The molecule has 0 heterocycles.